The maximum atomic E-state index is 12.9. The Hall–Kier alpha value is 0.110. The van der Waals surface area contributed by atoms with E-state index in [0.717, 1.165) is 12.8 Å². The Labute approximate surface area is 90.0 Å². The molecule has 2 rings (SSSR count). The Morgan fingerprint density at radius 3 is 2.21 bits per heavy atom. The summed E-state index contributed by atoms with van der Waals surface area (Å²) in [6.07, 6.45) is 6.11. The van der Waals surface area contributed by atoms with E-state index in [0.29, 0.717) is 5.92 Å². The molecule has 4 heteroatoms. The van der Waals surface area contributed by atoms with Gasteiger partial charge in [-0.1, -0.05) is 19.3 Å². The van der Waals surface area contributed by atoms with Crippen LogP contribution in [0.3, 0.4) is 0 Å². The average molecular weight is 226 g/mol. The molecule has 1 saturated heterocycles. The molecule has 84 valence electrons. The second kappa shape index (κ2) is 4.75. The van der Waals surface area contributed by atoms with Crippen molar-refractivity contribution in [2.75, 3.05) is 6.54 Å². The Bertz CT molecular complexity index is 181. The smallest absolute Gasteiger partial charge is 0.261 e. The van der Waals surface area contributed by atoms with Crippen molar-refractivity contribution in [3.8, 4) is 0 Å². The standard InChI is InChI=1S/C10H17F2N.ClH/c11-10(12)6-9(13-7-10)8-4-2-1-3-5-8;/h8-9,13H,1-7H2;1H. The van der Waals surface area contributed by atoms with Crippen LogP contribution in [-0.2, 0) is 0 Å². The normalized spacial score (nSPS) is 32.6. The van der Waals surface area contributed by atoms with Gasteiger partial charge >= 0.3 is 0 Å². The topological polar surface area (TPSA) is 12.0 Å². The molecule has 1 heterocycles. The molecule has 0 aromatic heterocycles. The molecule has 0 spiro atoms. The highest BCUT2D eigenvalue weighted by molar-refractivity contribution is 5.85. The molecule has 0 aromatic carbocycles. The Balaban J connectivity index is 0.000000980. The summed E-state index contributed by atoms with van der Waals surface area (Å²) >= 11 is 0. The summed E-state index contributed by atoms with van der Waals surface area (Å²) in [7, 11) is 0. The first-order valence-electron chi connectivity index (χ1n) is 5.29. The van der Waals surface area contributed by atoms with Gasteiger partial charge in [-0.2, -0.15) is 0 Å². The largest absolute Gasteiger partial charge is 0.308 e. The number of alkyl halides is 2. The van der Waals surface area contributed by atoms with Crippen molar-refractivity contribution in [1.29, 1.82) is 0 Å². The van der Waals surface area contributed by atoms with Crippen molar-refractivity contribution in [3.63, 3.8) is 0 Å². The van der Waals surface area contributed by atoms with E-state index in [9.17, 15) is 8.78 Å². The molecule has 1 atom stereocenters. The molecule has 0 radical (unpaired) electrons. The van der Waals surface area contributed by atoms with E-state index in [-0.39, 0.29) is 31.4 Å². The predicted molar refractivity (Wildman–Crippen MR) is 55.2 cm³/mol. The molecular weight excluding hydrogens is 208 g/mol. The zero-order valence-corrected chi connectivity index (χ0v) is 9.09. The van der Waals surface area contributed by atoms with Gasteiger partial charge in [-0.3, -0.25) is 0 Å². The van der Waals surface area contributed by atoms with Crippen molar-refractivity contribution in [2.45, 2.75) is 50.5 Å². The lowest BCUT2D eigenvalue weighted by Gasteiger charge is -2.27. The molecule has 2 fully saturated rings. The molecule has 14 heavy (non-hydrogen) atoms. The van der Waals surface area contributed by atoms with E-state index >= 15 is 0 Å². The van der Waals surface area contributed by atoms with E-state index < -0.39 is 5.92 Å². The average Bonchev–Trinajstić information content (AvgIpc) is 2.48. The van der Waals surface area contributed by atoms with Gasteiger partial charge in [0.15, 0.2) is 0 Å². The molecule has 1 saturated carbocycles. The van der Waals surface area contributed by atoms with Crippen LogP contribution in [0.4, 0.5) is 8.78 Å². The van der Waals surface area contributed by atoms with E-state index in [1.54, 1.807) is 0 Å². The van der Waals surface area contributed by atoms with Crippen LogP contribution in [0.25, 0.3) is 0 Å². The summed E-state index contributed by atoms with van der Waals surface area (Å²) in [5.74, 6) is -1.93. The molecule has 0 amide bonds. The third kappa shape index (κ3) is 2.80. The van der Waals surface area contributed by atoms with Gasteiger partial charge in [0, 0.05) is 12.5 Å². The fraction of sp³-hybridized carbons (Fsp3) is 1.00. The minimum absolute atomic E-state index is 0. The van der Waals surface area contributed by atoms with E-state index in [2.05, 4.69) is 5.32 Å². The first-order valence-corrected chi connectivity index (χ1v) is 5.29. The Kier molecular flexibility index (Phi) is 4.14. The van der Waals surface area contributed by atoms with Gasteiger partial charge in [0.2, 0.25) is 0 Å². The molecule has 1 unspecified atom stereocenters. The third-order valence-electron chi connectivity index (χ3n) is 3.36. The highest BCUT2D eigenvalue weighted by atomic mass is 35.5. The van der Waals surface area contributed by atoms with Crippen LogP contribution in [0.5, 0.6) is 0 Å². The second-order valence-electron chi connectivity index (χ2n) is 4.45. The predicted octanol–water partition coefficient (Wildman–Crippen LogP) is 2.99. The number of hydrogen-bond donors (Lipinski definition) is 1. The van der Waals surface area contributed by atoms with Gasteiger partial charge in [0.25, 0.3) is 5.92 Å². The molecule has 1 N–H and O–H groups in total. The van der Waals surface area contributed by atoms with Crippen LogP contribution in [0.2, 0.25) is 0 Å². The lowest BCUT2D eigenvalue weighted by molar-refractivity contribution is 0.0185. The summed E-state index contributed by atoms with van der Waals surface area (Å²) < 4.78 is 25.8. The SMILES string of the molecule is Cl.FC1(F)CNC(C2CCCCC2)C1. The fourth-order valence-corrected chi connectivity index (χ4v) is 2.62. The number of rotatable bonds is 1. The fourth-order valence-electron chi connectivity index (χ4n) is 2.62. The second-order valence-corrected chi connectivity index (χ2v) is 4.45. The zero-order valence-electron chi connectivity index (χ0n) is 8.27. The van der Waals surface area contributed by atoms with Crippen LogP contribution < -0.4 is 5.32 Å². The van der Waals surface area contributed by atoms with Crippen LogP contribution in [0, 0.1) is 5.92 Å². The summed E-state index contributed by atoms with van der Waals surface area (Å²) in [5, 5.41) is 2.97. The van der Waals surface area contributed by atoms with Crippen molar-refractivity contribution in [2.24, 2.45) is 5.92 Å². The molecule has 0 bridgehead atoms. The van der Waals surface area contributed by atoms with Crippen molar-refractivity contribution < 1.29 is 8.78 Å². The van der Waals surface area contributed by atoms with Crippen LogP contribution in [0.15, 0.2) is 0 Å². The highest BCUT2D eigenvalue weighted by Crippen LogP contribution is 2.35. The van der Waals surface area contributed by atoms with Gasteiger partial charge in [0.1, 0.15) is 0 Å². The lowest BCUT2D eigenvalue weighted by Crippen LogP contribution is -2.31. The van der Waals surface area contributed by atoms with Crippen LogP contribution in [0.1, 0.15) is 38.5 Å². The Morgan fingerprint density at radius 1 is 1.07 bits per heavy atom. The van der Waals surface area contributed by atoms with Crippen LogP contribution >= 0.6 is 12.4 Å². The lowest BCUT2D eigenvalue weighted by atomic mass is 9.83. The van der Waals surface area contributed by atoms with Crippen LogP contribution in [-0.4, -0.2) is 18.5 Å². The Morgan fingerprint density at radius 2 is 1.71 bits per heavy atom. The molecule has 1 aliphatic carbocycles. The number of halogens is 3. The van der Waals surface area contributed by atoms with Gasteiger partial charge in [-0.05, 0) is 18.8 Å². The highest BCUT2D eigenvalue weighted by Gasteiger charge is 2.42. The maximum absolute atomic E-state index is 12.9. The molecular formula is C10H18ClF2N. The minimum atomic E-state index is -2.44. The maximum Gasteiger partial charge on any atom is 0.261 e. The van der Waals surface area contributed by atoms with E-state index in [4.69, 9.17) is 0 Å². The van der Waals surface area contributed by atoms with Gasteiger partial charge in [-0.25, -0.2) is 8.78 Å². The summed E-state index contributed by atoms with van der Waals surface area (Å²) in [6, 6.07) is 0.0929. The summed E-state index contributed by atoms with van der Waals surface area (Å²) in [4.78, 5) is 0. The minimum Gasteiger partial charge on any atom is -0.308 e. The first-order chi connectivity index (χ1) is 6.17. The van der Waals surface area contributed by atoms with E-state index in [1.807, 2.05) is 0 Å². The molecule has 1 aliphatic heterocycles. The first kappa shape index (κ1) is 12.2. The monoisotopic (exact) mass is 225 g/mol. The van der Waals surface area contributed by atoms with Crippen molar-refractivity contribution >= 4 is 12.4 Å². The van der Waals surface area contributed by atoms with Gasteiger partial charge < -0.3 is 5.32 Å². The zero-order chi connectivity index (χ0) is 9.31. The van der Waals surface area contributed by atoms with Crippen molar-refractivity contribution in [1.82, 2.24) is 5.32 Å². The van der Waals surface area contributed by atoms with Gasteiger partial charge in [-0.15, -0.1) is 12.4 Å². The third-order valence-corrected chi connectivity index (χ3v) is 3.36. The van der Waals surface area contributed by atoms with Gasteiger partial charge in [0.05, 0.1) is 6.54 Å². The molecule has 2 aliphatic rings. The quantitative estimate of drug-likeness (QED) is 0.724. The summed E-state index contributed by atoms with van der Waals surface area (Å²) in [6.45, 7) is -0.103. The molecule has 1 nitrogen and oxygen atoms in total. The summed E-state index contributed by atoms with van der Waals surface area (Å²) in [5.41, 5.74) is 0. The number of nitrogens with one attached hydrogen (secondary N) is 1. The molecule has 0 aromatic rings. The number of hydrogen-bond acceptors (Lipinski definition) is 1. The van der Waals surface area contributed by atoms with E-state index in [1.165, 1.54) is 19.3 Å². The van der Waals surface area contributed by atoms with Crippen molar-refractivity contribution in [3.05, 3.63) is 0 Å².